The molecule has 0 saturated heterocycles. The number of nitrogen functional groups attached to an aromatic ring is 1. The molecule has 2 aromatic heterocycles. The van der Waals surface area contributed by atoms with Gasteiger partial charge in [-0.3, -0.25) is 4.79 Å². The molecule has 106 valence electrons. The predicted molar refractivity (Wildman–Crippen MR) is 85.3 cm³/mol. The first-order chi connectivity index (χ1) is 9.49. The van der Waals surface area contributed by atoms with Crippen LogP contribution in [0.4, 0.5) is 5.95 Å². The van der Waals surface area contributed by atoms with Gasteiger partial charge in [-0.15, -0.1) is 0 Å². The molecule has 0 aromatic carbocycles. The molecule has 0 spiro atoms. The molecule has 20 heavy (non-hydrogen) atoms. The molecule has 0 aliphatic carbocycles. The normalized spacial score (nSPS) is 11.2. The average Bonchev–Trinajstić information content (AvgIpc) is 2.94. The van der Waals surface area contributed by atoms with Crippen LogP contribution in [0.15, 0.2) is 21.2 Å². The zero-order valence-corrected chi connectivity index (χ0v) is 13.8. The van der Waals surface area contributed by atoms with Crippen LogP contribution in [0.3, 0.4) is 0 Å². The Bertz CT molecular complexity index is 659. The summed E-state index contributed by atoms with van der Waals surface area (Å²) in [5.74, 6) is 0.184. The first-order valence-electron chi connectivity index (χ1n) is 5.78. The number of hydrogen-bond donors (Lipinski definition) is 4. The third-order valence-corrected chi connectivity index (χ3v) is 4.89. The van der Waals surface area contributed by atoms with Crippen molar-refractivity contribution >= 4 is 49.8 Å². The number of rotatable bonds is 4. The maximum absolute atomic E-state index is 12.0. The van der Waals surface area contributed by atoms with E-state index in [0.717, 1.165) is 20.3 Å². The predicted octanol–water partition coefficient (Wildman–Crippen LogP) is 2.60. The third-order valence-electron chi connectivity index (χ3n) is 2.57. The summed E-state index contributed by atoms with van der Waals surface area (Å²) in [6, 6.07) is 0. The number of carbonyl (C=O) groups excluding carboxylic acids is 1. The fraction of sp³-hybridized carbons (Fsp3) is 0.167. The summed E-state index contributed by atoms with van der Waals surface area (Å²) in [6.45, 7) is 2.29. The highest BCUT2D eigenvalue weighted by Crippen LogP contribution is 2.29. The number of hydrogen-bond acceptors (Lipinski definition) is 3. The van der Waals surface area contributed by atoms with Crippen molar-refractivity contribution in [3.63, 3.8) is 0 Å². The van der Waals surface area contributed by atoms with Gasteiger partial charge < -0.3 is 21.0 Å². The molecular formula is C12H13Br2N5O. The van der Waals surface area contributed by atoms with E-state index in [0.29, 0.717) is 18.2 Å². The van der Waals surface area contributed by atoms with Gasteiger partial charge in [-0.2, -0.15) is 0 Å². The number of nitrogens with zero attached hydrogens (tertiary/aromatic N) is 1. The number of aromatic nitrogens is 3. The zero-order chi connectivity index (χ0) is 14.7. The van der Waals surface area contributed by atoms with Crippen molar-refractivity contribution in [2.45, 2.75) is 6.92 Å². The number of nitrogens with one attached hydrogen (secondary N) is 3. The molecule has 5 N–H and O–H groups in total. The highest BCUT2D eigenvalue weighted by Gasteiger charge is 2.16. The van der Waals surface area contributed by atoms with Gasteiger partial charge in [-0.1, -0.05) is 6.08 Å². The van der Waals surface area contributed by atoms with Crippen LogP contribution in [0.25, 0.3) is 6.08 Å². The minimum atomic E-state index is -0.181. The number of imidazole rings is 1. The van der Waals surface area contributed by atoms with E-state index in [1.807, 2.05) is 13.0 Å². The number of halogens is 2. The second-order valence-electron chi connectivity index (χ2n) is 4.09. The number of anilines is 1. The van der Waals surface area contributed by atoms with E-state index >= 15 is 0 Å². The summed E-state index contributed by atoms with van der Waals surface area (Å²) in [4.78, 5) is 21.7. The van der Waals surface area contributed by atoms with Gasteiger partial charge in [0.15, 0.2) is 5.95 Å². The first-order valence-corrected chi connectivity index (χ1v) is 7.36. The first kappa shape index (κ1) is 14.9. The molecule has 8 heteroatoms. The van der Waals surface area contributed by atoms with Gasteiger partial charge in [0.1, 0.15) is 5.69 Å². The van der Waals surface area contributed by atoms with Crippen LogP contribution in [0, 0.1) is 6.92 Å². The molecule has 0 radical (unpaired) electrons. The molecule has 6 nitrogen and oxygen atoms in total. The fourth-order valence-corrected chi connectivity index (χ4v) is 2.46. The number of aryl methyl sites for hydroxylation is 1. The number of amides is 1. The van der Waals surface area contributed by atoms with Crippen molar-refractivity contribution in [2.24, 2.45) is 0 Å². The summed E-state index contributed by atoms with van der Waals surface area (Å²) in [5.41, 5.74) is 7.63. The summed E-state index contributed by atoms with van der Waals surface area (Å²) >= 11 is 6.75. The molecule has 2 aromatic rings. The minimum Gasteiger partial charge on any atom is -0.369 e. The molecule has 0 aliphatic rings. The molecule has 2 heterocycles. The van der Waals surface area contributed by atoms with E-state index in [2.05, 4.69) is 52.1 Å². The topological polar surface area (TPSA) is 99.6 Å². The number of aromatic amines is 2. The fourth-order valence-electron chi connectivity index (χ4n) is 1.59. The van der Waals surface area contributed by atoms with Crippen molar-refractivity contribution in [3.05, 3.63) is 38.3 Å². The second-order valence-corrected chi connectivity index (χ2v) is 5.68. The van der Waals surface area contributed by atoms with Gasteiger partial charge in [-0.25, -0.2) is 4.98 Å². The van der Waals surface area contributed by atoms with E-state index in [1.165, 1.54) is 0 Å². The molecular weight excluding hydrogens is 390 g/mol. The Morgan fingerprint density at radius 2 is 2.20 bits per heavy atom. The number of H-pyrrole nitrogens is 2. The Morgan fingerprint density at radius 3 is 2.75 bits per heavy atom. The molecule has 2 rings (SSSR count). The van der Waals surface area contributed by atoms with Crippen LogP contribution in [0.2, 0.25) is 0 Å². The van der Waals surface area contributed by atoms with E-state index in [-0.39, 0.29) is 5.91 Å². The highest BCUT2D eigenvalue weighted by atomic mass is 79.9. The lowest BCUT2D eigenvalue weighted by molar-refractivity contribution is 0.0953. The van der Waals surface area contributed by atoms with Crippen LogP contribution in [0.5, 0.6) is 0 Å². The smallest absolute Gasteiger partial charge is 0.269 e. The Morgan fingerprint density at radius 1 is 1.45 bits per heavy atom. The van der Waals surface area contributed by atoms with Crippen molar-refractivity contribution in [2.75, 3.05) is 12.3 Å². The van der Waals surface area contributed by atoms with Crippen LogP contribution >= 0.6 is 31.9 Å². The standard InChI is InChI=1S/C12H13Br2N5O/c1-6-8(13)9(14)10(18-6)11(20)16-4-2-3-7-5-17-12(15)19-7/h2-3,5,18H,4H2,1H3,(H,16,20)(H3,15,17,19)/b3-2+. The average molecular weight is 403 g/mol. The molecule has 0 fully saturated rings. The summed E-state index contributed by atoms with van der Waals surface area (Å²) in [7, 11) is 0. The lowest BCUT2D eigenvalue weighted by Crippen LogP contribution is -2.24. The van der Waals surface area contributed by atoms with Gasteiger partial charge in [0.05, 0.1) is 20.8 Å². The third kappa shape index (κ3) is 3.31. The van der Waals surface area contributed by atoms with Gasteiger partial charge in [-0.05, 0) is 44.9 Å². The van der Waals surface area contributed by atoms with Crippen LogP contribution in [-0.2, 0) is 0 Å². The maximum atomic E-state index is 12.0. The second kappa shape index (κ2) is 6.27. The lowest BCUT2D eigenvalue weighted by atomic mass is 10.3. The Labute approximate surface area is 132 Å². The van der Waals surface area contributed by atoms with Crippen molar-refractivity contribution in [1.29, 1.82) is 0 Å². The SMILES string of the molecule is Cc1[nH]c(C(=O)NC/C=C/c2cnc(N)[nH]2)c(Br)c1Br. The van der Waals surface area contributed by atoms with Crippen LogP contribution in [-0.4, -0.2) is 27.4 Å². The Hall–Kier alpha value is -1.54. The summed E-state index contributed by atoms with van der Waals surface area (Å²) < 4.78 is 1.57. The zero-order valence-electron chi connectivity index (χ0n) is 10.6. The molecule has 0 atom stereocenters. The highest BCUT2D eigenvalue weighted by molar-refractivity contribution is 9.13. The van der Waals surface area contributed by atoms with Gasteiger partial charge in [0.2, 0.25) is 0 Å². The largest absolute Gasteiger partial charge is 0.369 e. The minimum absolute atomic E-state index is 0.181. The lowest BCUT2D eigenvalue weighted by Gasteiger charge is -2.00. The summed E-state index contributed by atoms with van der Waals surface area (Å²) in [6.07, 6.45) is 5.23. The molecule has 0 saturated carbocycles. The molecule has 1 amide bonds. The molecule has 0 bridgehead atoms. The van der Waals surface area contributed by atoms with E-state index in [1.54, 1.807) is 12.3 Å². The van der Waals surface area contributed by atoms with Crippen LogP contribution in [0.1, 0.15) is 21.9 Å². The molecule has 0 aliphatic heterocycles. The Balaban J connectivity index is 1.92. The van der Waals surface area contributed by atoms with Crippen molar-refractivity contribution in [3.8, 4) is 0 Å². The number of nitrogens with two attached hydrogens (primary N) is 1. The summed E-state index contributed by atoms with van der Waals surface area (Å²) in [5, 5.41) is 2.78. The monoisotopic (exact) mass is 401 g/mol. The van der Waals surface area contributed by atoms with E-state index in [4.69, 9.17) is 5.73 Å². The van der Waals surface area contributed by atoms with Gasteiger partial charge in [0.25, 0.3) is 5.91 Å². The van der Waals surface area contributed by atoms with Crippen LogP contribution < -0.4 is 11.1 Å². The molecule has 0 unspecified atom stereocenters. The van der Waals surface area contributed by atoms with Gasteiger partial charge in [0, 0.05) is 12.2 Å². The van der Waals surface area contributed by atoms with E-state index < -0.39 is 0 Å². The van der Waals surface area contributed by atoms with Crippen molar-refractivity contribution in [1.82, 2.24) is 20.3 Å². The van der Waals surface area contributed by atoms with Gasteiger partial charge >= 0.3 is 0 Å². The quantitative estimate of drug-likeness (QED) is 0.632. The van der Waals surface area contributed by atoms with E-state index in [9.17, 15) is 4.79 Å². The number of carbonyl (C=O) groups is 1. The maximum Gasteiger partial charge on any atom is 0.269 e. The Kier molecular flexibility index (Phi) is 4.66. The van der Waals surface area contributed by atoms with Crippen molar-refractivity contribution < 1.29 is 4.79 Å².